The summed E-state index contributed by atoms with van der Waals surface area (Å²) in [5.74, 6) is 0.666. The van der Waals surface area contributed by atoms with Crippen LogP contribution in [0.1, 0.15) is 24.1 Å². The van der Waals surface area contributed by atoms with Gasteiger partial charge in [-0.25, -0.2) is 9.37 Å². The highest BCUT2D eigenvalue weighted by Crippen LogP contribution is 2.25. The van der Waals surface area contributed by atoms with E-state index in [1.807, 2.05) is 19.1 Å². The monoisotopic (exact) mass is 273 g/mol. The highest BCUT2D eigenvalue weighted by Gasteiger charge is 2.21. The summed E-state index contributed by atoms with van der Waals surface area (Å²) in [5, 5.41) is 3.33. The van der Waals surface area contributed by atoms with Crippen LogP contribution >= 0.6 is 0 Å². The predicted molar refractivity (Wildman–Crippen MR) is 73.1 cm³/mol. The van der Waals surface area contributed by atoms with E-state index in [0.29, 0.717) is 24.2 Å². The summed E-state index contributed by atoms with van der Waals surface area (Å²) in [5.41, 5.74) is 1.64. The number of hydrogen-bond donors (Lipinski definition) is 1. The summed E-state index contributed by atoms with van der Waals surface area (Å²) in [6.07, 6.45) is 5.16. The molecule has 2 heterocycles. The van der Waals surface area contributed by atoms with Crippen LogP contribution in [0.2, 0.25) is 0 Å². The highest BCUT2D eigenvalue weighted by molar-refractivity contribution is 5.31. The Morgan fingerprint density at radius 2 is 2.15 bits per heavy atom. The molecule has 0 spiro atoms. The van der Waals surface area contributed by atoms with E-state index < -0.39 is 0 Å². The van der Waals surface area contributed by atoms with Crippen molar-refractivity contribution in [1.82, 2.24) is 15.3 Å². The summed E-state index contributed by atoms with van der Waals surface area (Å²) in [6, 6.07) is 5.69. The number of aromatic nitrogens is 2. The molecule has 1 aliphatic rings. The number of nitrogens with one attached hydrogen (secondary N) is 1. The maximum atomic E-state index is 13.3. The van der Waals surface area contributed by atoms with Gasteiger partial charge in [-0.3, -0.25) is 4.98 Å². The molecule has 0 saturated heterocycles. The molecule has 2 aromatic rings. The van der Waals surface area contributed by atoms with Crippen molar-refractivity contribution in [2.75, 3.05) is 0 Å². The molecule has 5 heteroatoms. The lowest BCUT2D eigenvalue weighted by atomic mass is 10.2. The second kappa shape index (κ2) is 5.54. The van der Waals surface area contributed by atoms with Crippen LogP contribution in [-0.2, 0) is 6.54 Å². The van der Waals surface area contributed by atoms with E-state index in [1.165, 1.54) is 18.9 Å². The molecular weight excluding hydrogens is 257 g/mol. The van der Waals surface area contributed by atoms with Crippen LogP contribution < -0.4 is 10.1 Å². The van der Waals surface area contributed by atoms with Gasteiger partial charge in [0.05, 0.1) is 12.4 Å². The van der Waals surface area contributed by atoms with Crippen LogP contribution in [0.3, 0.4) is 0 Å². The highest BCUT2D eigenvalue weighted by atomic mass is 19.1. The molecule has 0 bridgehead atoms. The fraction of sp³-hybridized carbons (Fsp3) is 0.333. The summed E-state index contributed by atoms with van der Waals surface area (Å²) < 4.78 is 19.0. The minimum atomic E-state index is -0.355. The molecular formula is C15H16FN3O. The molecule has 0 amide bonds. The number of pyridine rings is 2. The Bertz CT molecular complexity index is 597. The van der Waals surface area contributed by atoms with E-state index in [1.54, 1.807) is 6.20 Å². The Morgan fingerprint density at radius 3 is 2.85 bits per heavy atom. The van der Waals surface area contributed by atoms with Gasteiger partial charge in [0.1, 0.15) is 11.6 Å². The van der Waals surface area contributed by atoms with Gasteiger partial charge in [-0.05, 0) is 38.0 Å². The molecule has 0 aliphatic heterocycles. The van der Waals surface area contributed by atoms with E-state index >= 15 is 0 Å². The molecule has 1 saturated carbocycles. The SMILES string of the molecule is Cc1ccc(Oc2ncc(F)cc2CNC2CC2)cn1. The first-order valence-electron chi connectivity index (χ1n) is 6.69. The molecule has 4 nitrogen and oxygen atoms in total. The maximum absolute atomic E-state index is 13.3. The number of halogens is 1. The lowest BCUT2D eigenvalue weighted by Gasteiger charge is -2.10. The molecule has 0 aromatic carbocycles. The third-order valence-corrected chi connectivity index (χ3v) is 3.15. The molecule has 104 valence electrons. The minimum absolute atomic E-state index is 0.355. The predicted octanol–water partition coefficient (Wildman–Crippen LogP) is 2.97. The largest absolute Gasteiger partial charge is 0.437 e. The average molecular weight is 273 g/mol. The molecule has 1 fully saturated rings. The fourth-order valence-corrected chi connectivity index (χ4v) is 1.86. The van der Waals surface area contributed by atoms with Gasteiger partial charge in [-0.2, -0.15) is 0 Å². The lowest BCUT2D eigenvalue weighted by Crippen LogP contribution is -2.16. The van der Waals surface area contributed by atoms with Crippen LogP contribution in [0.25, 0.3) is 0 Å². The second-order valence-electron chi connectivity index (χ2n) is 5.01. The summed E-state index contributed by atoms with van der Waals surface area (Å²) in [4.78, 5) is 8.19. The van der Waals surface area contributed by atoms with Crippen LogP contribution in [0.15, 0.2) is 30.6 Å². The Balaban J connectivity index is 1.77. The first-order chi connectivity index (χ1) is 9.70. The quantitative estimate of drug-likeness (QED) is 0.909. The van der Waals surface area contributed by atoms with Gasteiger partial charge in [0.25, 0.3) is 0 Å². The Hall–Kier alpha value is -2.01. The van der Waals surface area contributed by atoms with Crippen molar-refractivity contribution in [2.24, 2.45) is 0 Å². The molecule has 0 radical (unpaired) electrons. The Labute approximate surface area is 117 Å². The molecule has 2 aromatic heterocycles. The van der Waals surface area contributed by atoms with E-state index in [4.69, 9.17) is 4.74 Å². The van der Waals surface area contributed by atoms with Gasteiger partial charge in [0, 0.05) is 23.8 Å². The van der Waals surface area contributed by atoms with Gasteiger partial charge in [-0.15, -0.1) is 0 Å². The van der Waals surface area contributed by atoms with Crippen LogP contribution in [0, 0.1) is 12.7 Å². The smallest absolute Gasteiger partial charge is 0.223 e. The topological polar surface area (TPSA) is 47.0 Å². The summed E-state index contributed by atoms with van der Waals surface area (Å²) in [7, 11) is 0. The minimum Gasteiger partial charge on any atom is -0.437 e. The van der Waals surface area contributed by atoms with Gasteiger partial charge in [0.15, 0.2) is 0 Å². The Morgan fingerprint density at radius 1 is 1.30 bits per heavy atom. The zero-order chi connectivity index (χ0) is 13.9. The zero-order valence-electron chi connectivity index (χ0n) is 11.3. The molecule has 0 atom stereocenters. The molecule has 1 N–H and O–H groups in total. The molecule has 1 aliphatic carbocycles. The van der Waals surface area contributed by atoms with Crippen molar-refractivity contribution in [3.05, 3.63) is 47.7 Å². The van der Waals surface area contributed by atoms with E-state index in [9.17, 15) is 4.39 Å². The van der Waals surface area contributed by atoms with Gasteiger partial charge in [0.2, 0.25) is 5.88 Å². The van der Waals surface area contributed by atoms with Crippen LogP contribution in [0.4, 0.5) is 4.39 Å². The van der Waals surface area contributed by atoms with E-state index in [0.717, 1.165) is 17.5 Å². The normalized spacial score (nSPS) is 14.3. The third-order valence-electron chi connectivity index (χ3n) is 3.15. The summed E-state index contributed by atoms with van der Waals surface area (Å²) >= 11 is 0. The van der Waals surface area contributed by atoms with Crippen molar-refractivity contribution < 1.29 is 9.13 Å². The number of rotatable bonds is 5. The van der Waals surface area contributed by atoms with Gasteiger partial charge in [-0.1, -0.05) is 0 Å². The third kappa shape index (κ3) is 3.30. The zero-order valence-corrected chi connectivity index (χ0v) is 11.3. The van der Waals surface area contributed by atoms with Gasteiger partial charge >= 0.3 is 0 Å². The number of aryl methyl sites for hydroxylation is 1. The molecule has 0 unspecified atom stereocenters. The van der Waals surface area contributed by atoms with Crippen LogP contribution in [-0.4, -0.2) is 16.0 Å². The van der Waals surface area contributed by atoms with Crippen molar-refractivity contribution in [3.63, 3.8) is 0 Å². The molecule has 20 heavy (non-hydrogen) atoms. The number of nitrogens with zero attached hydrogens (tertiary/aromatic N) is 2. The van der Waals surface area contributed by atoms with E-state index in [2.05, 4.69) is 15.3 Å². The first kappa shape index (κ1) is 13.0. The number of hydrogen-bond acceptors (Lipinski definition) is 4. The second-order valence-corrected chi connectivity index (χ2v) is 5.01. The van der Waals surface area contributed by atoms with Gasteiger partial charge < -0.3 is 10.1 Å². The standard InChI is InChI=1S/C15H16FN3O/c1-10-2-5-14(9-17-10)20-15-11(6-12(16)8-19-15)7-18-13-3-4-13/h2,5-6,8-9,13,18H,3-4,7H2,1H3. The maximum Gasteiger partial charge on any atom is 0.223 e. The average Bonchev–Trinajstić information content (AvgIpc) is 3.25. The van der Waals surface area contributed by atoms with Crippen molar-refractivity contribution in [2.45, 2.75) is 32.4 Å². The van der Waals surface area contributed by atoms with Crippen molar-refractivity contribution in [1.29, 1.82) is 0 Å². The summed E-state index contributed by atoms with van der Waals surface area (Å²) in [6.45, 7) is 2.47. The van der Waals surface area contributed by atoms with E-state index in [-0.39, 0.29) is 5.82 Å². The number of ether oxygens (including phenoxy) is 1. The lowest BCUT2D eigenvalue weighted by molar-refractivity contribution is 0.446. The van der Waals surface area contributed by atoms with Crippen molar-refractivity contribution >= 4 is 0 Å². The van der Waals surface area contributed by atoms with Crippen LogP contribution in [0.5, 0.6) is 11.6 Å². The van der Waals surface area contributed by atoms with Crippen molar-refractivity contribution in [3.8, 4) is 11.6 Å². The Kier molecular flexibility index (Phi) is 3.60. The molecule has 3 rings (SSSR count). The fourth-order valence-electron chi connectivity index (χ4n) is 1.86. The first-order valence-corrected chi connectivity index (χ1v) is 6.69.